The highest BCUT2D eigenvalue weighted by Gasteiger charge is 2.54. The number of piperazine rings is 1. The Morgan fingerprint density at radius 1 is 1.00 bits per heavy atom. The van der Waals surface area contributed by atoms with Crippen LogP contribution in [0.15, 0.2) is 35.8 Å². The van der Waals surface area contributed by atoms with Crippen molar-refractivity contribution in [1.29, 1.82) is 0 Å². The number of pyridine rings is 1. The molecule has 0 unspecified atom stereocenters. The minimum absolute atomic E-state index is 0.0275. The van der Waals surface area contributed by atoms with Crippen molar-refractivity contribution >= 4 is 45.7 Å². The average molecular weight is 1050 g/mol. The molecular weight excluding hydrogens is 971 g/mol. The minimum atomic E-state index is -0.988. The molecule has 9 heterocycles. The van der Waals surface area contributed by atoms with E-state index in [0.29, 0.717) is 58.6 Å². The maximum atomic E-state index is 15.2. The first-order chi connectivity index (χ1) is 36.3. The van der Waals surface area contributed by atoms with Gasteiger partial charge in [0.15, 0.2) is 0 Å². The summed E-state index contributed by atoms with van der Waals surface area (Å²) in [5, 5.41) is 8.70. The van der Waals surface area contributed by atoms with Crippen molar-refractivity contribution in [3.8, 4) is 22.5 Å². The first-order valence-electron chi connectivity index (χ1n) is 28.1. The van der Waals surface area contributed by atoms with Gasteiger partial charge in [-0.1, -0.05) is 26.3 Å². The summed E-state index contributed by atoms with van der Waals surface area (Å²) < 4.78 is 33.2. The van der Waals surface area contributed by atoms with E-state index in [1.807, 2.05) is 13.1 Å². The fraction of sp³-hybridized carbons (Fsp3) is 0.667. The zero-order valence-electron chi connectivity index (χ0n) is 44.7. The van der Waals surface area contributed by atoms with Crippen molar-refractivity contribution in [2.24, 2.45) is 10.8 Å². The van der Waals surface area contributed by atoms with E-state index in [0.717, 1.165) is 126 Å². The number of carbonyl (C=O) groups is 3. The molecule has 17 nitrogen and oxygen atoms in total. The van der Waals surface area contributed by atoms with Gasteiger partial charge in [-0.25, -0.2) is 10.4 Å². The number of methoxy groups -OCH3 is 1. The van der Waals surface area contributed by atoms with Crippen molar-refractivity contribution in [3.63, 3.8) is 0 Å². The van der Waals surface area contributed by atoms with Gasteiger partial charge in [0.05, 0.1) is 66.5 Å². The summed E-state index contributed by atoms with van der Waals surface area (Å²) in [6, 6.07) is 7.47. The van der Waals surface area contributed by atoms with Gasteiger partial charge in [0, 0.05) is 118 Å². The highest BCUT2D eigenvalue weighted by molar-refractivity contribution is 7.10. The Morgan fingerprint density at radius 2 is 1.79 bits per heavy atom. The standard InChI is InChI=1S/C57H77N9O8S/c1-35-26-47(74-35)52(67)60-49-51(64-32-57(33-64)15-7-16-57)53-59-45(31-75-53)37-9-12-46-41(27-37)43(29-56(3,4)34-73-55(69)44-8-6-17-66(61-44)54(49)68)50(65(46)22-25-72-40-13-23-71-24-14-40)42-28-39(30-58-48(42)36(2)70-5)63-20-18-62(19-21-63)38-10-11-38/h9,12,27-28,30-31,35-36,38,40,44,47,49,51,61H,6-8,10-11,13-26,29,32-34H2,1-5H3,(H,60,67)/t35-,36+,44+,47+,49+,51+/m1/s1. The van der Waals surface area contributed by atoms with Crippen LogP contribution in [0.4, 0.5) is 5.69 Å². The van der Waals surface area contributed by atoms with E-state index < -0.39 is 35.6 Å². The molecule has 6 aliphatic heterocycles. The quantitative estimate of drug-likeness (QED) is 0.142. The number of hydrogen-bond donors (Lipinski definition) is 2. The summed E-state index contributed by atoms with van der Waals surface area (Å²) in [6.45, 7) is 17.0. The third-order valence-corrected chi connectivity index (χ3v) is 18.6. The van der Waals surface area contributed by atoms with Crippen LogP contribution in [0.5, 0.6) is 0 Å². The molecule has 7 fully saturated rings. The summed E-state index contributed by atoms with van der Waals surface area (Å²) in [7, 11) is 1.75. The largest absolute Gasteiger partial charge is 0.464 e. The van der Waals surface area contributed by atoms with Crippen LogP contribution in [0.25, 0.3) is 33.4 Å². The number of thiazole rings is 1. The predicted molar refractivity (Wildman–Crippen MR) is 286 cm³/mol. The third kappa shape index (κ3) is 10.4. The van der Waals surface area contributed by atoms with Crippen LogP contribution >= 0.6 is 11.3 Å². The van der Waals surface area contributed by atoms with E-state index in [9.17, 15) is 9.59 Å². The number of amides is 2. The molecule has 2 aliphatic carbocycles. The van der Waals surface area contributed by atoms with Crippen LogP contribution in [-0.4, -0.2) is 163 Å². The lowest BCUT2D eigenvalue weighted by Gasteiger charge is -2.59. The van der Waals surface area contributed by atoms with Crippen LogP contribution < -0.4 is 15.6 Å². The van der Waals surface area contributed by atoms with Crippen molar-refractivity contribution < 1.29 is 38.1 Å². The second-order valence-electron chi connectivity index (χ2n) is 23.8. The zero-order valence-corrected chi connectivity index (χ0v) is 45.5. The Kier molecular flexibility index (Phi) is 14.4. The molecule has 3 aromatic heterocycles. The van der Waals surface area contributed by atoms with Gasteiger partial charge in [-0.3, -0.25) is 34.2 Å². The zero-order chi connectivity index (χ0) is 51.6. The number of carbonyl (C=O) groups excluding carboxylic acids is 3. The summed E-state index contributed by atoms with van der Waals surface area (Å²) >= 11 is 1.54. The van der Waals surface area contributed by atoms with Crippen LogP contribution in [0, 0.1) is 10.8 Å². The van der Waals surface area contributed by atoms with Gasteiger partial charge in [-0.2, -0.15) is 0 Å². The number of likely N-dealkylation sites (tertiary alicyclic amines) is 1. The molecule has 1 aromatic carbocycles. The molecule has 18 heteroatoms. The number of cyclic esters (lactones) is 1. The fourth-order valence-corrected chi connectivity index (χ4v) is 14.0. The molecule has 4 aromatic rings. The van der Waals surface area contributed by atoms with Gasteiger partial charge < -0.3 is 38.5 Å². The second kappa shape index (κ2) is 21.0. The Balaban J connectivity index is 0.999. The van der Waals surface area contributed by atoms with E-state index in [2.05, 4.69) is 80.4 Å². The highest BCUT2D eigenvalue weighted by atomic mass is 32.1. The summed E-state index contributed by atoms with van der Waals surface area (Å²) in [4.78, 5) is 61.8. The number of anilines is 1. The van der Waals surface area contributed by atoms with Gasteiger partial charge >= 0.3 is 5.97 Å². The number of hydrazine groups is 1. The number of aromatic nitrogens is 3. The van der Waals surface area contributed by atoms with E-state index in [1.165, 1.54) is 30.6 Å². The maximum Gasteiger partial charge on any atom is 0.324 e. The molecule has 12 rings (SSSR count). The highest BCUT2D eigenvalue weighted by Crippen LogP contribution is 2.52. The fourth-order valence-electron chi connectivity index (χ4n) is 13.0. The van der Waals surface area contributed by atoms with Crippen LogP contribution in [-0.2, 0) is 51.0 Å². The van der Waals surface area contributed by atoms with Crippen molar-refractivity contribution in [2.75, 3.05) is 84.3 Å². The first kappa shape index (κ1) is 51.2. The SMILES string of the molecule is CO[C@@H](C)c1ncc(N2CCN(C3CC3)CC2)cc1-c1c2c3cc(ccc3n1CCOC1CCOCC1)-c1csc(n1)[C@@H](N1CC3(CCC3)C1)[C@H](NC(=O)[C@@H]1C[C@@H](C)O1)C(=O)N1CCC[C@H](N1)C(=O)OCC(C)(C)C2. The second-order valence-corrected chi connectivity index (χ2v) is 24.7. The molecule has 404 valence electrons. The molecule has 8 aliphatic rings. The van der Waals surface area contributed by atoms with Gasteiger partial charge in [0.1, 0.15) is 23.2 Å². The van der Waals surface area contributed by atoms with E-state index in [-0.39, 0.29) is 42.1 Å². The smallest absolute Gasteiger partial charge is 0.324 e. The van der Waals surface area contributed by atoms with E-state index >= 15 is 4.79 Å². The summed E-state index contributed by atoms with van der Waals surface area (Å²) in [5.74, 6) is -1.01. The van der Waals surface area contributed by atoms with Crippen LogP contribution in [0.2, 0.25) is 0 Å². The molecule has 6 atom stereocenters. The number of hydrogen-bond acceptors (Lipinski definition) is 15. The molecule has 5 saturated heterocycles. The normalized spacial score (nSPS) is 28.0. The third-order valence-electron chi connectivity index (χ3n) is 17.7. The molecule has 0 radical (unpaired) electrons. The van der Waals surface area contributed by atoms with Crippen LogP contribution in [0.1, 0.15) is 120 Å². The van der Waals surface area contributed by atoms with E-state index in [1.54, 1.807) is 12.1 Å². The topological polar surface area (TPSA) is 165 Å². The monoisotopic (exact) mass is 1050 g/mol. The number of fused-ring (bicyclic) bond motifs is 6. The molecule has 2 saturated carbocycles. The average Bonchev–Trinajstić information content (AvgIpc) is 4.06. The predicted octanol–water partition coefficient (Wildman–Crippen LogP) is 6.82. The Labute approximate surface area is 445 Å². The Bertz CT molecular complexity index is 2740. The number of nitrogens with zero attached hydrogens (tertiary/aromatic N) is 7. The number of benzene rings is 1. The van der Waals surface area contributed by atoms with Crippen LogP contribution in [0.3, 0.4) is 0 Å². The van der Waals surface area contributed by atoms with Gasteiger partial charge in [0.25, 0.3) is 5.91 Å². The Hall–Kier alpha value is -4.53. The summed E-state index contributed by atoms with van der Waals surface area (Å²) in [6.07, 6.45) is 11.3. The Morgan fingerprint density at radius 3 is 2.51 bits per heavy atom. The lowest BCUT2D eigenvalue weighted by Crippen LogP contribution is -2.67. The van der Waals surface area contributed by atoms with Gasteiger partial charge in [-0.15, -0.1) is 11.3 Å². The summed E-state index contributed by atoms with van der Waals surface area (Å²) in [5.41, 5.74) is 11.0. The molecular formula is C57H77N9O8S. The molecule has 1 spiro atoms. The van der Waals surface area contributed by atoms with Crippen molar-refractivity contribution in [2.45, 2.75) is 153 Å². The van der Waals surface area contributed by atoms with Crippen molar-refractivity contribution in [3.05, 3.63) is 52.1 Å². The lowest BCUT2D eigenvalue weighted by atomic mass is 9.63. The number of rotatable bonds is 12. The number of esters is 1. The minimum Gasteiger partial charge on any atom is -0.464 e. The van der Waals surface area contributed by atoms with Gasteiger partial charge in [-0.05, 0) is 101 Å². The molecule has 6 bridgehead atoms. The van der Waals surface area contributed by atoms with Crippen molar-refractivity contribution in [1.82, 2.24) is 40.1 Å². The van der Waals surface area contributed by atoms with Gasteiger partial charge in [0.2, 0.25) is 5.91 Å². The maximum absolute atomic E-state index is 15.2. The molecule has 75 heavy (non-hydrogen) atoms. The number of ether oxygens (including phenoxy) is 5. The first-order valence-corrected chi connectivity index (χ1v) is 29.0. The molecule has 2 N–H and O–H groups in total. The lowest BCUT2D eigenvalue weighted by molar-refractivity contribution is -0.165. The van der Waals surface area contributed by atoms with E-state index in [4.69, 9.17) is 33.7 Å². The molecule has 2 amide bonds. The number of nitrogens with one attached hydrogen (secondary N) is 2.